The maximum Gasteiger partial charge on any atom is 0.121 e. The predicted octanol–water partition coefficient (Wildman–Crippen LogP) is 4.11. The minimum Gasteiger partial charge on any atom is -0.497 e. The van der Waals surface area contributed by atoms with E-state index in [1.165, 1.54) is 5.56 Å². The Morgan fingerprint density at radius 3 is 2.65 bits per heavy atom. The standard InChI is InChI=1S/C17H18N2O/c1-3-14(12-7-5-4-6-8-12)17-18-15-10-9-13(20-2)11-16(15)19-17/h4-11,14H,3H2,1-2H3,(H,18,19). The van der Waals surface area contributed by atoms with Gasteiger partial charge in [-0.25, -0.2) is 4.98 Å². The number of nitrogens with one attached hydrogen (secondary N) is 1. The normalized spacial score (nSPS) is 12.5. The number of aromatic amines is 1. The molecule has 0 amide bonds. The van der Waals surface area contributed by atoms with Crippen LogP contribution in [0, 0.1) is 0 Å². The summed E-state index contributed by atoms with van der Waals surface area (Å²) in [6, 6.07) is 16.4. The van der Waals surface area contributed by atoms with Gasteiger partial charge in [-0.2, -0.15) is 0 Å². The van der Waals surface area contributed by atoms with E-state index >= 15 is 0 Å². The number of ether oxygens (including phenoxy) is 1. The molecule has 0 aliphatic carbocycles. The van der Waals surface area contributed by atoms with Gasteiger partial charge in [-0.3, -0.25) is 0 Å². The summed E-state index contributed by atoms with van der Waals surface area (Å²) >= 11 is 0. The lowest BCUT2D eigenvalue weighted by Gasteiger charge is -2.12. The molecule has 20 heavy (non-hydrogen) atoms. The number of nitrogens with zero attached hydrogens (tertiary/aromatic N) is 1. The van der Waals surface area contributed by atoms with Gasteiger partial charge in [-0.1, -0.05) is 37.3 Å². The van der Waals surface area contributed by atoms with Gasteiger partial charge in [0.25, 0.3) is 0 Å². The van der Waals surface area contributed by atoms with Gasteiger partial charge in [0.05, 0.1) is 18.1 Å². The Bertz CT molecular complexity index is 703. The van der Waals surface area contributed by atoms with Crippen molar-refractivity contribution in [3.63, 3.8) is 0 Å². The fraction of sp³-hybridized carbons (Fsp3) is 0.235. The third-order valence-corrected chi connectivity index (χ3v) is 3.65. The van der Waals surface area contributed by atoms with Gasteiger partial charge in [-0.15, -0.1) is 0 Å². The summed E-state index contributed by atoms with van der Waals surface area (Å²) in [5, 5.41) is 0. The molecule has 0 aliphatic heterocycles. The molecule has 1 atom stereocenters. The highest BCUT2D eigenvalue weighted by Gasteiger charge is 2.16. The summed E-state index contributed by atoms with van der Waals surface area (Å²) in [5.41, 5.74) is 3.30. The second-order valence-electron chi connectivity index (χ2n) is 4.88. The lowest BCUT2D eigenvalue weighted by molar-refractivity contribution is 0.415. The number of hydrogen-bond donors (Lipinski definition) is 1. The van der Waals surface area contributed by atoms with Crippen LogP contribution in [0.15, 0.2) is 48.5 Å². The third-order valence-electron chi connectivity index (χ3n) is 3.65. The average molecular weight is 266 g/mol. The maximum absolute atomic E-state index is 5.26. The van der Waals surface area contributed by atoms with Gasteiger partial charge in [0.15, 0.2) is 0 Å². The number of hydrogen-bond acceptors (Lipinski definition) is 2. The van der Waals surface area contributed by atoms with Crippen LogP contribution in [-0.4, -0.2) is 17.1 Å². The summed E-state index contributed by atoms with van der Waals surface area (Å²) in [6.45, 7) is 2.19. The lowest BCUT2D eigenvalue weighted by atomic mass is 9.96. The molecule has 0 fully saturated rings. The maximum atomic E-state index is 5.26. The van der Waals surface area contributed by atoms with Crippen LogP contribution in [0.3, 0.4) is 0 Å². The average Bonchev–Trinajstić information content (AvgIpc) is 2.91. The van der Waals surface area contributed by atoms with Crippen molar-refractivity contribution in [2.24, 2.45) is 0 Å². The fourth-order valence-electron chi connectivity index (χ4n) is 2.57. The van der Waals surface area contributed by atoms with E-state index in [-0.39, 0.29) is 0 Å². The van der Waals surface area contributed by atoms with E-state index in [1.54, 1.807) is 7.11 Å². The molecule has 0 bridgehead atoms. The van der Waals surface area contributed by atoms with Gasteiger partial charge in [0.1, 0.15) is 11.6 Å². The van der Waals surface area contributed by atoms with Gasteiger partial charge >= 0.3 is 0 Å². The topological polar surface area (TPSA) is 37.9 Å². The molecule has 1 N–H and O–H groups in total. The molecule has 0 radical (unpaired) electrons. The number of methoxy groups -OCH3 is 1. The van der Waals surface area contributed by atoms with E-state index in [2.05, 4.69) is 36.2 Å². The zero-order valence-corrected chi connectivity index (χ0v) is 11.8. The minimum atomic E-state index is 0.301. The molecule has 0 spiro atoms. The molecule has 3 heteroatoms. The monoisotopic (exact) mass is 266 g/mol. The first kappa shape index (κ1) is 12.7. The number of fused-ring (bicyclic) bond motifs is 1. The van der Waals surface area contributed by atoms with Crippen LogP contribution in [0.25, 0.3) is 11.0 Å². The first-order chi connectivity index (χ1) is 9.81. The van der Waals surface area contributed by atoms with Crippen LogP contribution >= 0.6 is 0 Å². The molecular formula is C17H18N2O. The lowest BCUT2D eigenvalue weighted by Crippen LogP contribution is -2.01. The molecule has 3 rings (SSSR count). The van der Waals surface area contributed by atoms with Crippen LogP contribution in [-0.2, 0) is 0 Å². The first-order valence-electron chi connectivity index (χ1n) is 6.90. The first-order valence-corrected chi connectivity index (χ1v) is 6.90. The highest BCUT2D eigenvalue weighted by molar-refractivity contribution is 5.77. The minimum absolute atomic E-state index is 0.301. The van der Waals surface area contributed by atoms with Gasteiger partial charge in [0, 0.05) is 12.0 Å². The summed E-state index contributed by atoms with van der Waals surface area (Å²) < 4.78 is 5.26. The zero-order chi connectivity index (χ0) is 13.9. The highest BCUT2D eigenvalue weighted by Crippen LogP contribution is 2.28. The van der Waals surface area contributed by atoms with Crippen LogP contribution in [0.5, 0.6) is 5.75 Å². The summed E-state index contributed by atoms with van der Waals surface area (Å²) in [6.07, 6.45) is 1.01. The quantitative estimate of drug-likeness (QED) is 0.771. The summed E-state index contributed by atoms with van der Waals surface area (Å²) in [7, 11) is 1.68. The van der Waals surface area contributed by atoms with Crippen LogP contribution in [0.4, 0.5) is 0 Å². The molecular weight excluding hydrogens is 248 g/mol. The van der Waals surface area contributed by atoms with Crippen LogP contribution in [0.2, 0.25) is 0 Å². The fourth-order valence-corrected chi connectivity index (χ4v) is 2.57. The van der Waals surface area contributed by atoms with E-state index < -0.39 is 0 Å². The number of imidazole rings is 1. The molecule has 1 heterocycles. The largest absolute Gasteiger partial charge is 0.497 e. The number of rotatable bonds is 4. The molecule has 0 aliphatic rings. The smallest absolute Gasteiger partial charge is 0.121 e. The van der Waals surface area contributed by atoms with E-state index in [9.17, 15) is 0 Å². The number of H-pyrrole nitrogens is 1. The Kier molecular flexibility index (Phi) is 3.42. The molecule has 3 aromatic rings. The van der Waals surface area contributed by atoms with Crippen molar-refractivity contribution in [2.75, 3.05) is 7.11 Å². The highest BCUT2D eigenvalue weighted by atomic mass is 16.5. The Hall–Kier alpha value is -2.29. The number of benzene rings is 2. The Morgan fingerprint density at radius 1 is 1.15 bits per heavy atom. The van der Waals surface area contributed by atoms with Gasteiger partial charge in [-0.05, 0) is 24.1 Å². The van der Waals surface area contributed by atoms with E-state index in [1.807, 2.05) is 24.3 Å². The van der Waals surface area contributed by atoms with E-state index in [0.29, 0.717) is 5.92 Å². The summed E-state index contributed by atoms with van der Waals surface area (Å²) in [4.78, 5) is 8.15. The van der Waals surface area contributed by atoms with Crippen molar-refractivity contribution in [2.45, 2.75) is 19.3 Å². The Morgan fingerprint density at radius 2 is 1.95 bits per heavy atom. The van der Waals surface area contributed by atoms with Crippen molar-refractivity contribution < 1.29 is 4.74 Å². The number of aromatic nitrogens is 2. The molecule has 0 saturated heterocycles. The van der Waals surface area contributed by atoms with E-state index in [0.717, 1.165) is 29.0 Å². The van der Waals surface area contributed by atoms with E-state index in [4.69, 9.17) is 9.72 Å². The van der Waals surface area contributed by atoms with Crippen LogP contribution < -0.4 is 4.74 Å². The molecule has 1 aromatic heterocycles. The second-order valence-corrected chi connectivity index (χ2v) is 4.88. The molecule has 2 aromatic carbocycles. The molecule has 1 unspecified atom stereocenters. The third kappa shape index (κ3) is 2.27. The predicted molar refractivity (Wildman–Crippen MR) is 81.2 cm³/mol. The van der Waals surface area contributed by atoms with Crippen molar-refractivity contribution in [1.29, 1.82) is 0 Å². The molecule has 3 nitrogen and oxygen atoms in total. The van der Waals surface area contributed by atoms with Crippen LogP contribution in [0.1, 0.15) is 30.7 Å². The van der Waals surface area contributed by atoms with Crippen molar-refractivity contribution in [3.8, 4) is 5.75 Å². The van der Waals surface area contributed by atoms with Crippen molar-refractivity contribution in [3.05, 3.63) is 59.9 Å². The second kappa shape index (κ2) is 5.37. The van der Waals surface area contributed by atoms with Gasteiger partial charge < -0.3 is 9.72 Å². The van der Waals surface area contributed by atoms with Crippen molar-refractivity contribution in [1.82, 2.24) is 9.97 Å². The molecule has 0 saturated carbocycles. The Labute approximate surface area is 118 Å². The molecule has 102 valence electrons. The summed E-state index contributed by atoms with van der Waals surface area (Å²) in [5.74, 6) is 2.16. The Balaban J connectivity index is 2.04. The van der Waals surface area contributed by atoms with Crippen molar-refractivity contribution >= 4 is 11.0 Å². The zero-order valence-electron chi connectivity index (χ0n) is 11.8. The SMILES string of the molecule is CCC(c1ccccc1)c1nc2ccc(OC)cc2[nH]1. The van der Waals surface area contributed by atoms with Gasteiger partial charge in [0.2, 0.25) is 0 Å².